The van der Waals surface area contributed by atoms with Crippen molar-refractivity contribution in [3.63, 3.8) is 0 Å². The lowest BCUT2D eigenvalue weighted by molar-refractivity contribution is -0.121. The van der Waals surface area contributed by atoms with Gasteiger partial charge in [-0.3, -0.25) is 20.6 Å². The number of piperidine rings is 1. The van der Waals surface area contributed by atoms with Gasteiger partial charge in [0.2, 0.25) is 0 Å². The van der Waals surface area contributed by atoms with Crippen LogP contribution < -0.4 is 5.43 Å². The minimum absolute atomic E-state index is 0.0956. The third kappa shape index (κ3) is 6.24. The molecule has 2 aromatic carbocycles. The normalized spacial score (nSPS) is 20.2. The Morgan fingerprint density at radius 2 is 1.88 bits per heavy atom. The van der Waals surface area contributed by atoms with E-state index in [-0.39, 0.29) is 11.8 Å². The largest absolute Gasteiger partial charge is 0.299 e. The van der Waals surface area contributed by atoms with Gasteiger partial charge in [-0.25, -0.2) is 5.01 Å². The maximum atomic E-state index is 13.0. The van der Waals surface area contributed by atoms with E-state index < -0.39 is 11.8 Å². The van der Waals surface area contributed by atoms with Crippen molar-refractivity contribution in [2.24, 2.45) is 16.8 Å². The summed E-state index contributed by atoms with van der Waals surface area (Å²) in [4.78, 5) is 17.7. The molecule has 1 amide bonds. The highest BCUT2D eigenvalue weighted by atomic mass is 35.5. The van der Waals surface area contributed by atoms with E-state index >= 15 is 0 Å². The topological polar surface area (TPSA) is 68.6 Å². The zero-order chi connectivity index (χ0) is 24.1. The molecular formula is C25H27Cl3N4O. The summed E-state index contributed by atoms with van der Waals surface area (Å²) in [6.45, 7) is 8.48. The Kier molecular flexibility index (Phi) is 8.71. The molecule has 33 heavy (non-hydrogen) atoms. The van der Waals surface area contributed by atoms with Gasteiger partial charge in [-0.2, -0.15) is 0 Å². The van der Waals surface area contributed by atoms with Crippen LogP contribution in [0.15, 0.2) is 60.1 Å². The maximum absolute atomic E-state index is 13.0. The molecule has 3 unspecified atom stereocenters. The van der Waals surface area contributed by atoms with Crippen LogP contribution in [0.1, 0.15) is 32.3 Å². The molecule has 0 spiro atoms. The summed E-state index contributed by atoms with van der Waals surface area (Å²) >= 11 is 18.4. The number of rotatable bonds is 7. The van der Waals surface area contributed by atoms with Gasteiger partial charge in [-0.05, 0) is 61.6 Å². The average molecular weight is 506 g/mol. The van der Waals surface area contributed by atoms with Crippen molar-refractivity contribution in [3.8, 4) is 0 Å². The number of amides is 1. The summed E-state index contributed by atoms with van der Waals surface area (Å²) in [5, 5.41) is 12.0. The smallest absolute Gasteiger partial charge is 0.279 e. The van der Waals surface area contributed by atoms with Crippen LogP contribution in [0, 0.1) is 17.2 Å². The first-order valence-electron chi connectivity index (χ1n) is 10.8. The number of carbonyl (C=O) groups is 1. The quantitative estimate of drug-likeness (QED) is 0.323. The number of hydrazine groups is 1. The van der Waals surface area contributed by atoms with E-state index in [1.54, 1.807) is 37.3 Å². The van der Waals surface area contributed by atoms with Gasteiger partial charge in [0, 0.05) is 28.5 Å². The van der Waals surface area contributed by atoms with E-state index in [1.807, 2.05) is 23.2 Å². The lowest BCUT2D eigenvalue weighted by Crippen LogP contribution is -2.55. The molecular weight excluding hydrogens is 479 g/mol. The second-order valence-electron chi connectivity index (χ2n) is 8.15. The van der Waals surface area contributed by atoms with Crippen molar-refractivity contribution < 1.29 is 4.79 Å². The second-order valence-corrected chi connectivity index (χ2v) is 9.43. The third-order valence-electron chi connectivity index (χ3n) is 5.97. The van der Waals surface area contributed by atoms with Gasteiger partial charge >= 0.3 is 0 Å². The number of nitrogens with zero attached hydrogens (tertiary/aromatic N) is 2. The molecule has 0 aromatic heterocycles. The fraction of sp³-hybridized carbons (Fsp3) is 0.320. The lowest BCUT2D eigenvalue weighted by atomic mass is 9.91. The molecule has 0 radical (unpaired) electrons. The average Bonchev–Trinajstić information content (AvgIpc) is 2.79. The Morgan fingerprint density at radius 1 is 1.21 bits per heavy atom. The van der Waals surface area contributed by atoms with Crippen LogP contribution >= 0.6 is 34.8 Å². The lowest BCUT2D eigenvalue weighted by Gasteiger charge is -2.38. The van der Waals surface area contributed by atoms with Crippen molar-refractivity contribution in [3.05, 3.63) is 75.8 Å². The first-order chi connectivity index (χ1) is 15.7. The zero-order valence-corrected chi connectivity index (χ0v) is 20.9. The van der Waals surface area contributed by atoms with E-state index in [0.717, 1.165) is 24.9 Å². The van der Waals surface area contributed by atoms with Crippen molar-refractivity contribution in [2.75, 3.05) is 6.54 Å². The van der Waals surface area contributed by atoms with Gasteiger partial charge < -0.3 is 0 Å². The number of aliphatic imine (C=N–C) groups is 1. The molecule has 8 heteroatoms. The molecule has 3 rings (SSSR count). The van der Waals surface area contributed by atoms with E-state index in [4.69, 9.17) is 45.2 Å². The van der Waals surface area contributed by atoms with Crippen LogP contribution in [-0.2, 0) is 4.79 Å². The van der Waals surface area contributed by atoms with Crippen molar-refractivity contribution in [2.45, 2.75) is 32.7 Å². The highest BCUT2D eigenvalue weighted by molar-refractivity contribution is 6.43. The van der Waals surface area contributed by atoms with Crippen LogP contribution in [-0.4, -0.2) is 34.9 Å². The highest BCUT2D eigenvalue weighted by Crippen LogP contribution is 2.30. The Labute approximate surface area is 209 Å². The Morgan fingerprint density at radius 3 is 2.52 bits per heavy atom. The third-order valence-corrected chi connectivity index (χ3v) is 6.76. The van der Waals surface area contributed by atoms with Crippen LogP contribution in [0.5, 0.6) is 0 Å². The summed E-state index contributed by atoms with van der Waals surface area (Å²) in [5.41, 5.74) is 4.60. The molecule has 0 aliphatic carbocycles. The van der Waals surface area contributed by atoms with Crippen LogP contribution in [0.3, 0.4) is 0 Å². The minimum Gasteiger partial charge on any atom is -0.299 e. The molecule has 1 heterocycles. The maximum Gasteiger partial charge on any atom is 0.279 e. The predicted molar refractivity (Wildman–Crippen MR) is 138 cm³/mol. The number of hydrogen-bond acceptors (Lipinski definition) is 4. The fourth-order valence-electron chi connectivity index (χ4n) is 3.90. The van der Waals surface area contributed by atoms with Crippen molar-refractivity contribution >= 4 is 57.8 Å². The molecule has 1 aliphatic heterocycles. The summed E-state index contributed by atoms with van der Waals surface area (Å²) in [6.07, 6.45) is 3.93. The summed E-state index contributed by atoms with van der Waals surface area (Å²) in [5.74, 6) is -0.764. The van der Waals surface area contributed by atoms with Crippen molar-refractivity contribution in [1.82, 2.24) is 10.4 Å². The molecule has 2 aromatic rings. The minimum atomic E-state index is -0.604. The van der Waals surface area contributed by atoms with E-state index in [0.29, 0.717) is 32.4 Å². The SMILES string of the molecule is C=CC1CCCN(NC(=O)C(=N)C(C)C(=Nc2ccc(Cl)cc2Cl)c2ccc(Cl)cc2)C1C. The van der Waals surface area contributed by atoms with Crippen LogP contribution in [0.25, 0.3) is 0 Å². The van der Waals surface area contributed by atoms with Gasteiger partial charge in [0.15, 0.2) is 0 Å². The second kappa shape index (κ2) is 11.3. The molecule has 1 fully saturated rings. The molecule has 0 bridgehead atoms. The highest BCUT2D eigenvalue weighted by Gasteiger charge is 2.30. The van der Waals surface area contributed by atoms with E-state index in [9.17, 15) is 4.79 Å². The predicted octanol–water partition coefficient (Wildman–Crippen LogP) is 6.74. The number of benzene rings is 2. The number of carbonyl (C=O) groups excluding carboxylic acids is 1. The van der Waals surface area contributed by atoms with E-state index in [1.165, 1.54) is 0 Å². The first kappa shape index (κ1) is 25.4. The molecule has 3 atom stereocenters. The number of hydrogen-bond donors (Lipinski definition) is 2. The van der Waals surface area contributed by atoms with E-state index in [2.05, 4.69) is 18.9 Å². The van der Waals surface area contributed by atoms with Crippen LogP contribution in [0.2, 0.25) is 15.1 Å². The molecule has 174 valence electrons. The van der Waals surface area contributed by atoms with Gasteiger partial charge in [0.25, 0.3) is 5.91 Å². The van der Waals surface area contributed by atoms with Crippen LogP contribution in [0.4, 0.5) is 5.69 Å². The van der Waals surface area contributed by atoms with Gasteiger partial charge in [-0.1, -0.05) is 59.9 Å². The fourth-order valence-corrected chi connectivity index (χ4v) is 4.48. The Bertz CT molecular complexity index is 1070. The van der Waals surface area contributed by atoms with Gasteiger partial charge in [-0.15, -0.1) is 6.58 Å². The summed E-state index contributed by atoms with van der Waals surface area (Å²) in [7, 11) is 0. The molecule has 5 nitrogen and oxygen atoms in total. The van der Waals surface area contributed by atoms with Gasteiger partial charge in [0.05, 0.1) is 16.4 Å². The standard InChI is InChI=1S/C25H27Cl3N4O/c1-4-17-6-5-13-32(16(17)3)31-25(33)23(29)15(2)24(18-7-9-19(26)10-8-18)30-22-12-11-20(27)14-21(22)28/h4,7-12,14-17,29H,1,5-6,13H2,2-3H3,(H,31,33). The Hall–Kier alpha value is -2.18. The molecule has 0 saturated carbocycles. The number of nitrogens with one attached hydrogen (secondary N) is 2. The molecule has 1 saturated heterocycles. The monoisotopic (exact) mass is 504 g/mol. The Balaban J connectivity index is 1.89. The molecule has 1 aliphatic rings. The molecule has 2 N–H and O–H groups in total. The summed E-state index contributed by atoms with van der Waals surface area (Å²) < 4.78 is 0. The number of halogens is 3. The summed E-state index contributed by atoms with van der Waals surface area (Å²) in [6, 6.07) is 12.2. The van der Waals surface area contributed by atoms with Gasteiger partial charge in [0.1, 0.15) is 5.71 Å². The first-order valence-corrected chi connectivity index (χ1v) is 11.9. The zero-order valence-electron chi connectivity index (χ0n) is 18.6. The van der Waals surface area contributed by atoms with Crippen molar-refractivity contribution in [1.29, 1.82) is 5.41 Å².